The van der Waals surface area contributed by atoms with Gasteiger partial charge in [0.05, 0.1) is 22.1 Å². The van der Waals surface area contributed by atoms with Crippen molar-refractivity contribution >= 4 is 55.0 Å². The molecule has 0 amide bonds. The molecule has 0 aliphatic carbocycles. The Balaban J connectivity index is 0.000000160. The van der Waals surface area contributed by atoms with Gasteiger partial charge in [0.25, 0.3) is 0 Å². The zero-order valence-electron chi connectivity index (χ0n) is 20.0. The van der Waals surface area contributed by atoms with Crippen molar-refractivity contribution in [2.45, 2.75) is 27.7 Å². The summed E-state index contributed by atoms with van der Waals surface area (Å²) < 4.78 is 0. The van der Waals surface area contributed by atoms with E-state index < -0.39 is 0 Å². The van der Waals surface area contributed by atoms with Crippen molar-refractivity contribution < 1.29 is 17.1 Å². The van der Waals surface area contributed by atoms with Crippen LogP contribution in [0.3, 0.4) is 0 Å². The van der Waals surface area contributed by atoms with E-state index in [1.807, 2.05) is 88.4 Å². The maximum Gasteiger partial charge on any atom is 1.00 e. The van der Waals surface area contributed by atoms with E-state index >= 15 is 0 Å². The van der Waals surface area contributed by atoms with Crippen LogP contribution in [0, 0.1) is 27.7 Å². The van der Waals surface area contributed by atoms with Crippen molar-refractivity contribution in [1.29, 1.82) is 0 Å². The quantitative estimate of drug-likeness (QED) is 0.149. The molecular formula is C28H26CuN6+. The fourth-order valence-corrected chi connectivity index (χ4v) is 4.18. The molecule has 0 saturated carbocycles. The van der Waals surface area contributed by atoms with Crippen molar-refractivity contribution in [2.75, 3.05) is 11.5 Å². The van der Waals surface area contributed by atoms with Crippen LogP contribution in [0.2, 0.25) is 0 Å². The van der Waals surface area contributed by atoms with Crippen LogP contribution < -0.4 is 11.5 Å². The molecule has 0 saturated heterocycles. The molecule has 178 valence electrons. The van der Waals surface area contributed by atoms with Gasteiger partial charge in [0.1, 0.15) is 0 Å². The number of nitrogen functional groups attached to an aromatic ring is 2. The standard InChI is InChI=1S/2C14H13N3.Cu/c2*1-8-3-5-10-7-12(15)11-6-4-9(2)17-14(11)13(10)16-8;/h2*3-7H,15H2,1-2H3;/q;;+1. The number of aryl methyl sites for hydroxylation is 4. The molecule has 6 rings (SSSR count). The van der Waals surface area contributed by atoms with Gasteiger partial charge in [-0.05, 0) is 76.2 Å². The number of pyridine rings is 4. The third-order valence-corrected chi connectivity index (χ3v) is 5.89. The number of nitrogens with two attached hydrogens (primary N) is 2. The van der Waals surface area contributed by atoms with Crippen molar-refractivity contribution in [3.63, 3.8) is 0 Å². The van der Waals surface area contributed by atoms with Crippen molar-refractivity contribution in [2.24, 2.45) is 0 Å². The normalized spacial score (nSPS) is 10.9. The average molecular weight is 510 g/mol. The molecule has 0 radical (unpaired) electrons. The monoisotopic (exact) mass is 509 g/mol. The predicted molar refractivity (Wildman–Crippen MR) is 142 cm³/mol. The van der Waals surface area contributed by atoms with Crippen molar-refractivity contribution in [1.82, 2.24) is 19.9 Å². The van der Waals surface area contributed by atoms with E-state index in [4.69, 9.17) is 11.5 Å². The van der Waals surface area contributed by atoms with Crippen molar-refractivity contribution in [3.05, 3.63) is 83.4 Å². The maximum absolute atomic E-state index is 6.04. The number of anilines is 2. The minimum absolute atomic E-state index is 0. The van der Waals surface area contributed by atoms with Gasteiger partial charge in [-0.3, -0.25) is 19.9 Å². The zero-order chi connectivity index (χ0) is 24.0. The molecule has 6 aromatic rings. The van der Waals surface area contributed by atoms with Crippen LogP contribution >= 0.6 is 0 Å². The minimum Gasteiger partial charge on any atom is -0.398 e. The third-order valence-electron chi connectivity index (χ3n) is 5.89. The van der Waals surface area contributed by atoms with Gasteiger partial charge in [-0.25, -0.2) is 0 Å². The van der Waals surface area contributed by atoms with Crippen LogP contribution in [0.1, 0.15) is 22.8 Å². The summed E-state index contributed by atoms with van der Waals surface area (Å²) >= 11 is 0. The molecule has 2 aromatic carbocycles. The van der Waals surface area contributed by atoms with E-state index in [9.17, 15) is 0 Å². The Hall–Kier alpha value is -3.80. The molecule has 0 bridgehead atoms. The van der Waals surface area contributed by atoms with Gasteiger partial charge in [-0.2, -0.15) is 0 Å². The topological polar surface area (TPSA) is 104 Å². The molecule has 0 spiro atoms. The van der Waals surface area contributed by atoms with Crippen LogP contribution in [0.4, 0.5) is 11.4 Å². The van der Waals surface area contributed by atoms with Gasteiger partial charge in [-0.15, -0.1) is 0 Å². The number of hydrogen-bond acceptors (Lipinski definition) is 6. The fraction of sp³-hybridized carbons (Fsp3) is 0.143. The summed E-state index contributed by atoms with van der Waals surface area (Å²) in [5.41, 5.74) is 21.2. The van der Waals surface area contributed by atoms with E-state index in [2.05, 4.69) is 19.9 Å². The summed E-state index contributed by atoms with van der Waals surface area (Å²) in [5.74, 6) is 0. The fourth-order valence-electron chi connectivity index (χ4n) is 4.18. The molecule has 4 N–H and O–H groups in total. The second-order valence-electron chi connectivity index (χ2n) is 8.68. The Kier molecular flexibility index (Phi) is 6.57. The average Bonchev–Trinajstić information content (AvgIpc) is 2.80. The van der Waals surface area contributed by atoms with Crippen LogP contribution in [0.5, 0.6) is 0 Å². The number of fused-ring (bicyclic) bond motifs is 6. The molecular weight excluding hydrogens is 484 g/mol. The van der Waals surface area contributed by atoms with Gasteiger partial charge < -0.3 is 11.5 Å². The summed E-state index contributed by atoms with van der Waals surface area (Å²) in [5, 5.41) is 4.03. The smallest absolute Gasteiger partial charge is 0.398 e. The Bertz CT molecular complexity index is 1600. The number of aromatic nitrogens is 4. The summed E-state index contributed by atoms with van der Waals surface area (Å²) in [4.78, 5) is 18.3. The molecule has 4 aromatic heterocycles. The molecule has 7 heteroatoms. The Morgan fingerprint density at radius 1 is 0.457 bits per heavy atom. The van der Waals surface area contributed by atoms with Crippen LogP contribution in [-0.4, -0.2) is 19.9 Å². The summed E-state index contributed by atoms with van der Waals surface area (Å²) in [7, 11) is 0. The summed E-state index contributed by atoms with van der Waals surface area (Å²) in [6.45, 7) is 7.92. The maximum atomic E-state index is 6.04. The number of nitrogens with zero attached hydrogens (tertiary/aromatic N) is 4. The second-order valence-corrected chi connectivity index (χ2v) is 8.68. The Labute approximate surface area is 214 Å². The molecule has 0 aliphatic heterocycles. The van der Waals surface area contributed by atoms with E-state index in [0.29, 0.717) is 0 Å². The number of hydrogen-bond donors (Lipinski definition) is 2. The van der Waals surface area contributed by atoms with E-state index in [1.54, 1.807) is 0 Å². The first-order chi connectivity index (χ1) is 16.3. The van der Waals surface area contributed by atoms with Gasteiger partial charge in [0.15, 0.2) is 0 Å². The van der Waals surface area contributed by atoms with E-state index in [0.717, 1.165) is 77.8 Å². The molecule has 0 aliphatic rings. The second kappa shape index (κ2) is 9.45. The van der Waals surface area contributed by atoms with E-state index in [-0.39, 0.29) is 17.1 Å². The van der Waals surface area contributed by atoms with Gasteiger partial charge in [0, 0.05) is 55.7 Å². The van der Waals surface area contributed by atoms with Crippen LogP contribution in [-0.2, 0) is 17.1 Å². The molecule has 0 unspecified atom stereocenters. The van der Waals surface area contributed by atoms with Crippen LogP contribution in [0.25, 0.3) is 43.6 Å². The van der Waals surface area contributed by atoms with Gasteiger partial charge in [0.2, 0.25) is 0 Å². The predicted octanol–water partition coefficient (Wildman–Crippen LogP) is 5.96. The van der Waals surface area contributed by atoms with E-state index in [1.165, 1.54) is 0 Å². The minimum atomic E-state index is 0. The zero-order valence-corrected chi connectivity index (χ0v) is 21.0. The molecule has 0 atom stereocenters. The largest absolute Gasteiger partial charge is 1.00 e. The first-order valence-electron chi connectivity index (χ1n) is 11.2. The first-order valence-corrected chi connectivity index (χ1v) is 11.2. The molecule has 35 heavy (non-hydrogen) atoms. The summed E-state index contributed by atoms with van der Waals surface area (Å²) in [6.07, 6.45) is 0. The van der Waals surface area contributed by atoms with Gasteiger partial charge >= 0.3 is 17.1 Å². The first kappa shape index (κ1) is 24.3. The van der Waals surface area contributed by atoms with Crippen molar-refractivity contribution in [3.8, 4) is 0 Å². The third kappa shape index (κ3) is 4.61. The van der Waals surface area contributed by atoms with Gasteiger partial charge in [-0.1, -0.05) is 12.1 Å². The molecule has 4 heterocycles. The molecule has 6 nitrogen and oxygen atoms in total. The van der Waals surface area contributed by atoms with Crippen LogP contribution in [0.15, 0.2) is 60.7 Å². The number of benzene rings is 2. The summed E-state index contributed by atoms with van der Waals surface area (Å²) in [6, 6.07) is 19.9. The Morgan fingerprint density at radius 2 is 0.771 bits per heavy atom. The Morgan fingerprint density at radius 3 is 1.14 bits per heavy atom. The molecule has 0 fully saturated rings. The number of rotatable bonds is 0. The SMILES string of the molecule is Cc1ccc2cc(N)c3ccc(C)nc3c2n1.Cc1ccc2cc(N)c3ccc(C)nc3c2n1.[Cu+].